The van der Waals surface area contributed by atoms with E-state index >= 15 is 0 Å². The number of methoxy groups -OCH3 is 1. The fourth-order valence-electron chi connectivity index (χ4n) is 3.35. The van der Waals surface area contributed by atoms with Crippen molar-refractivity contribution < 1.29 is 19.1 Å². The summed E-state index contributed by atoms with van der Waals surface area (Å²) >= 11 is 2.06. The number of aryl methyl sites for hydroxylation is 3. The van der Waals surface area contributed by atoms with Crippen LogP contribution in [0.4, 0.5) is 11.4 Å². The monoisotopic (exact) mass is 595 g/mol. The van der Waals surface area contributed by atoms with Gasteiger partial charge in [0, 0.05) is 11.4 Å². The lowest BCUT2D eigenvalue weighted by atomic mass is 10.1. The molecular weight excluding hydrogens is 569 g/mol. The first-order valence-corrected chi connectivity index (χ1v) is 12.1. The third-order valence-electron chi connectivity index (χ3n) is 5.34. The summed E-state index contributed by atoms with van der Waals surface area (Å²) in [5.41, 5.74) is 5.04. The molecule has 184 valence electrons. The molecule has 36 heavy (non-hydrogen) atoms. The van der Waals surface area contributed by atoms with E-state index in [0.29, 0.717) is 32.0 Å². The second-order valence-corrected chi connectivity index (χ2v) is 9.33. The second kappa shape index (κ2) is 12.2. The van der Waals surface area contributed by atoms with Gasteiger partial charge in [-0.05, 0) is 108 Å². The minimum atomic E-state index is -0.514. The van der Waals surface area contributed by atoms with E-state index in [1.807, 2.05) is 63.2 Å². The maximum absolute atomic E-state index is 12.6. The van der Waals surface area contributed by atoms with E-state index in [4.69, 9.17) is 9.47 Å². The van der Waals surface area contributed by atoms with Crippen LogP contribution in [0.1, 0.15) is 22.3 Å². The number of ether oxygens (including phenoxy) is 2. The number of benzene rings is 3. The first-order valence-electron chi connectivity index (χ1n) is 11.1. The van der Waals surface area contributed by atoms with E-state index in [1.165, 1.54) is 13.2 Å². The highest BCUT2D eigenvalue weighted by Crippen LogP contribution is 2.34. The Kier molecular flexibility index (Phi) is 9.08. The Bertz CT molecular complexity index is 1380. The van der Waals surface area contributed by atoms with Crippen LogP contribution >= 0.6 is 22.6 Å². The molecule has 3 rings (SSSR count). The van der Waals surface area contributed by atoms with Crippen molar-refractivity contribution in [2.24, 2.45) is 0 Å². The Labute approximate surface area is 224 Å². The van der Waals surface area contributed by atoms with Crippen LogP contribution in [-0.2, 0) is 9.59 Å². The van der Waals surface area contributed by atoms with Crippen LogP contribution in [0.2, 0.25) is 0 Å². The van der Waals surface area contributed by atoms with Gasteiger partial charge in [-0.2, -0.15) is 5.26 Å². The number of nitrogens with one attached hydrogen (secondary N) is 2. The van der Waals surface area contributed by atoms with Crippen molar-refractivity contribution in [3.8, 4) is 17.6 Å². The molecule has 0 atom stereocenters. The minimum Gasteiger partial charge on any atom is -0.493 e. The number of carbonyl (C=O) groups is 2. The zero-order valence-electron chi connectivity index (χ0n) is 20.4. The fraction of sp³-hybridized carbons (Fsp3) is 0.179. The van der Waals surface area contributed by atoms with Crippen molar-refractivity contribution in [2.75, 3.05) is 24.4 Å². The molecule has 0 saturated heterocycles. The first kappa shape index (κ1) is 26.8. The normalized spacial score (nSPS) is 10.8. The number of nitriles is 1. The summed E-state index contributed by atoms with van der Waals surface area (Å²) in [7, 11) is 1.48. The standard InChI is InChI=1S/C28H26IN3O4/c1-17-6-5-7-22(10-17)32-28(34)21(15-30)12-20-13-24(29)27(25(14-20)35-4)36-16-26(33)31-23-9-8-18(2)19(3)11-23/h5-14H,16H2,1-4H3,(H,31,33)(H,32,34)/b21-12+. The van der Waals surface area contributed by atoms with Crippen molar-refractivity contribution in [3.05, 3.63) is 86.0 Å². The highest BCUT2D eigenvalue weighted by Gasteiger charge is 2.15. The number of hydrogen-bond donors (Lipinski definition) is 2. The van der Waals surface area contributed by atoms with E-state index in [0.717, 1.165) is 16.7 Å². The van der Waals surface area contributed by atoms with Crippen molar-refractivity contribution in [2.45, 2.75) is 20.8 Å². The molecule has 0 aliphatic heterocycles. The van der Waals surface area contributed by atoms with E-state index in [2.05, 4.69) is 33.2 Å². The van der Waals surface area contributed by atoms with E-state index in [9.17, 15) is 14.9 Å². The molecule has 3 aromatic carbocycles. The van der Waals surface area contributed by atoms with Gasteiger partial charge in [-0.1, -0.05) is 18.2 Å². The van der Waals surface area contributed by atoms with Gasteiger partial charge in [-0.3, -0.25) is 9.59 Å². The van der Waals surface area contributed by atoms with Crippen molar-refractivity contribution in [1.29, 1.82) is 5.26 Å². The molecule has 2 N–H and O–H groups in total. The van der Waals surface area contributed by atoms with Gasteiger partial charge in [-0.25, -0.2) is 0 Å². The lowest BCUT2D eigenvalue weighted by Crippen LogP contribution is -2.20. The highest BCUT2D eigenvalue weighted by atomic mass is 127. The quantitative estimate of drug-likeness (QED) is 0.195. The first-order chi connectivity index (χ1) is 17.2. The summed E-state index contributed by atoms with van der Waals surface area (Å²) in [5.74, 6) is -0.0446. The summed E-state index contributed by atoms with van der Waals surface area (Å²) in [6.07, 6.45) is 1.48. The largest absolute Gasteiger partial charge is 0.493 e. The molecule has 8 heteroatoms. The molecule has 0 spiro atoms. The topological polar surface area (TPSA) is 100 Å². The molecule has 0 fully saturated rings. The van der Waals surface area contributed by atoms with Gasteiger partial charge in [0.05, 0.1) is 10.7 Å². The van der Waals surface area contributed by atoms with Gasteiger partial charge in [0.1, 0.15) is 11.6 Å². The number of anilines is 2. The van der Waals surface area contributed by atoms with Crippen molar-refractivity contribution in [3.63, 3.8) is 0 Å². The van der Waals surface area contributed by atoms with Crippen LogP contribution in [0.3, 0.4) is 0 Å². The molecule has 0 heterocycles. The Hall–Kier alpha value is -3.84. The lowest BCUT2D eigenvalue weighted by molar-refractivity contribution is -0.118. The predicted octanol–water partition coefficient (Wildman–Crippen LogP) is 5.79. The number of nitrogens with zero attached hydrogens (tertiary/aromatic N) is 1. The van der Waals surface area contributed by atoms with Gasteiger partial charge in [0.15, 0.2) is 18.1 Å². The number of amides is 2. The zero-order valence-corrected chi connectivity index (χ0v) is 22.6. The van der Waals surface area contributed by atoms with E-state index in [1.54, 1.807) is 18.2 Å². The summed E-state index contributed by atoms with van der Waals surface area (Å²) < 4.78 is 11.9. The molecule has 0 bridgehead atoms. The molecule has 2 amide bonds. The van der Waals surface area contributed by atoms with Crippen molar-refractivity contribution >= 4 is 51.9 Å². The van der Waals surface area contributed by atoms with Gasteiger partial charge in [-0.15, -0.1) is 0 Å². The lowest BCUT2D eigenvalue weighted by Gasteiger charge is -2.14. The van der Waals surface area contributed by atoms with E-state index < -0.39 is 5.91 Å². The SMILES string of the molecule is COc1cc(/C=C(\C#N)C(=O)Nc2cccc(C)c2)cc(I)c1OCC(=O)Nc1ccc(C)c(C)c1. The van der Waals surface area contributed by atoms with Crippen LogP contribution in [-0.4, -0.2) is 25.5 Å². The average Bonchev–Trinajstić information content (AvgIpc) is 2.83. The average molecular weight is 595 g/mol. The second-order valence-electron chi connectivity index (χ2n) is 8.16. The van der Waals surface area contributed by atoms with Crippen LogP contribution in [0, 0.1) is 35.7 Å². The molecular formula is C28H26IN3O4. The Morgan fingerprint density at radius 2 is 1.75 bits per heavy atom. The molecule has 0 radical (unpaired) electrons. The summed E-state index contributed by atoms with van der Waals surface area (Å²) in [4.78, 5) is 25.0. The van der Waals surface area contributed by atoms with Crippen LogP contribution in [0.5, 0.6) is 11.5 Å². The van der Waals surface area contributed by atoms with Gasteiger partial charge in [0.2, 0.25) is 0 Å². The van der Waals surface area contributed by atoms with Crippen molar-refractivity contribution in [1.82, 2.24) is 0 Å². The van der Waals surface area contributed by atoms with Crippen LogP contribution in [0.25, 0.3) is 6.08 Å². The Balaban J connectivity index is 1.73. The summed E-state index contributed by atoms with van der Waals surface area (Å²) in [6, 6.07) is 18.4. The number of halogens is 1. The Morgan fingerprint density at radius 1 is 1.00 bits per heavy atom. The fourth-order valence-corrected chi connectivity index (χ4v) is 4.13. The molecule has 0 unspecified atom stereocenters. The molecule has 0 aromatic heterocycles. The predicted molar refractivity (Wildman–Crippen MR) is 149 cm³/mol. The molecule has 0 saturated carbocycles. The Morgan fingerprint density at radius 3 is 2.42 bits per heavy atom. The maximum atomic E-state index is 12.6. The number of carbonyl (C=O) groups excluding carboxylic acids is 2. The summed E-state index contributed by atoms with van der Waals surface area (Å²) in [5, 5.41) is 15.1. The molecule has 0 aliphatic rings. The summed E-state index contributed by atoms with van der Waals surface area (Å²) in [6.45, 7) is 5.69. The van der Waals surface area contributed by atoms with Gasteiger partial charge < -0.3 is 20.1 Å². The number of rotatable bonds is 8. The third-order valence-corrected chi connectivity index (χ3v) is 6.14. The van der Waals surface area contributed by atoms with E-state index in [-0.39, 0.29) is 18.1 Å². The smallest absolute Gasteiger partial charge is 0.266 e. The zero-order chi connectivity index (χ0) is 26.2. The maximum Gasteiger partial charge on any atom is 0.266 e. The highest BCUT2D eigenvalue weighted by molar-refractivity contribution is 14.1. The van der Waals surface area contributed by atoms with Gasteiger partial charge in [0.25, 0.3) is 11.8 Å². The van der Waals surface area contributed by atoms with Crippen LogP contribution in [0.15, 0.2) is 60.2 Å². The minimum absolute atomic E-state index is 0.0594. The molecule has 3 aromatic rings. The van der Waals surface area contributed by atoms with Crippen LogP contribution < -0.4 is 20.1 Å². The van der Waals surface area contributed by atoms with Gasteiger partial charge >= 0.3 is 0 Å². The molecule has 7 nitrogen and oxygen atoms in total. The molecule has 0 aliphatic carbocycles. The number of hydrogen-bond acceptors (Lipinski definition) is 5. The third kappa shape index (κ3) is 7.09.